The summed E-state index contributed by atoms with van der Waals surface area (Å²) in [5.41, 5.74) is 3.77. The van der Waals surface area contributed by atoms with Crippen molar-refractivity contribution in [2.75, 3.05) is 0 Å². The number of carboxylic acid groups (broad SMARTS) is 1. The summed E-state index contributed by atoms with van der Waals surface area (Å²) in [6.45, 7) is 1.56. The smallest absolute Gasteiger partial charge is 0.305 e. The van der Waals surface area contributed by atoms with Gasteiger partial charge in [-0.25, -0.2) is 0 Å². The Morgan fingerprint density at radius 3 is 2.23 bits per heavy atom. The Morgan fingerprint density at radius 2 is 1.63 bits per heavy atom. The van der Waals surface area contributed by atoms with Gasteiger partial charge in [0.1, 0.15) is 5.41 Å². The van der Waals surface area contributed by atoms with E-state index in [0.717, 1.165) is 10.8 Å². The first-order valence-corrected chi connectivity index (χ1v) is 8.94. The Morgan fingerprint density at radius 1 is 1.00 bits per heavy atom. The van der Waals surface area contributed by atoms with Gasteiger partial charge in [0, 0.05) is 44.3 Å². The maximum Gasteiger partial charge on any atom is 0.305 e. The van der Waals surface area contributed by atoms with E-state index in [2.05, 4.69) is 16.2 Å². The summed E-state index contributed by atoms with van der Waals surface area (Å²) >= 11 is 0. The van der Waals surface area contributed by atoms with Crippen LogP contribution in [0, 0.1) is 12.8 Å². The van der Waals surface area contributed by atoms with E-state index in [0.29, 0.717) is 18.4 Å². The van der Waals surface area contributed by atoms with Crippen LogP contribution in [0.1, 0.15) is 36.5 Å². The minimum absolute atomic E-state index is 0. The van der Waals surface area contributed by atoms with E-state index in [1.165, 1.54) is 0 Å². The van der Waals surface area contributed by atoms with Crippen LogP contribution in [-0.4, -0.2) is 34.8 Å². The average Bonchev–Trinajstić information content (AvgIpc) is 3.46. The van der Waals surface area contributed by atoms with Gasteiger partial charge in [0.15, 0.2) is 0 Å². The predicted molar refractivity (Wildman–Crippen MR) is 107 cm³/mol. The van der Waals surface area contributed by atoms with E-state index in [9.17, 15) is 19.2 Å². The summed E-state index contributed by atoms with van der Waals surface area (Å²) in [5, 5.41) is 13.2. The van der Waals surface area contributed by atoms with Crippen molar-refractivity contribution in [2.24, 2.45) is 5.41 Å². The molecule has 3 amide bonds. The Hall–Kier alpha value is -2.32. The third-order valence-electron chi connectivity index (χ3n) is 4.78. The predicted octanol–water partition coefficient (Wildman–Crippen LogP) is 1.81. The fraction of sp³-hybridized carbons (Fsp3) is 0.286. The molecular weight excluding hydrogens is 463 g/mol. The molecule has 1 radical (unpaired) electrons. The van der Waals surface area contributed by atoms with Gasteiger partial charge in [-0.2, -0.15) is 0 Å². The van der Waals surface area contributed by atoms with Crippen LogP contribution in [0.5, 0.6) is 0 Å². The van der Waals surface area contributed by atoms with Crippen LogP contribution >= 0.6 is 0 Å². The van der Waals surface area contributed by atoms with Crippen molar-refractivity contribution in [2.45, 2.75) is 32.2 Å². The quantitative estimate of drug-likeness (QED) is 0.281. The molecule has 8 nitrogen and oxygen atoms in total. The van der Waals surface area contributed by atoms with Crippen molar-refractivity contribution >= 4 is 34.5 Å². The minimum atomic E-state index is -1.26. The van der Waals surface area contributed by atoms with Gasteiger partial charge in [-0.1, -0.05) is 30.3 Å². The maximum absolute atomic E-state index is 12.4. The molecule has 1 aliphatic rings. The minimum Gasteiger partial charge on any atom is -0.481 e. The number of hydrogen-bond donors (Lipinski definition) is 4. The van der Waals surface area contributed by atoms with Gasteiger partial charge in [0.05, 0.1) is 6.42 Å². The van der Waals surface area contributed by atoms with E-state index in [4.69, 9.17) is 5.11 Å². The molecule has 0 aliphatic heterocycles. The van der Waals surface area contributed by atoms with Crippen molar-refractivity contribution in [3.8, 4) is 0 Å². The number of benzene rings is 2. The maximum atomic E-state index is 12.4. The molecule has 1 atom stereocenters. The fourth-order valence-electron chi connectivity index (χ4n) is 2.99. The monoisotopic (exact) mass is 487 g/mol. The second-order valence-electron chi connectivity index (χ2n) is 7.02. The molecule has 0 saturated heterocycles. The summed E-state index contributed by atoms with van der Waals surface area (Å²) in [5.74, 6) is -2.67. The number of rotatable bonds is 6. The molecule has 0 heterocycles. The second-order valence-corrected chi connectivity index (χ2v) is 7.02. The molecule has 0 unspecified atom stereocenters. The molecule has 2 aromatic rings. The second kappa shape index (κ2) is 10.6. The van der Waals surface area contributed by atoms with Crippen LogP contribution in [0.2, 0.25) is 0 Å². The third-order valence-corrected chi connectivity index (χ3v) is 4.78. The van der Waals surface area contributed by atoms with Gasteiger partial charge in [0.2, 0.25) is 5.91 Å². The summed E-state index contributed by atoms with van der Waals surface area (Å²) in [4.78, 5) is 47.8. The van der Waals surface area contributed by atoms with E-state index < -0.39 is 35.1 Å². The SMILES string of the molecule is C[C@H](CC(=O)O)NC(=O)C1(C(=O)NNC(=O)c2ccc3ccccc3c2)CC1.[CH3-].[Y]. The molecule has 1 aliphatic carbocycles. The number of carboxylic acids is 1. The van der Waals surface area contributed by atoms with E-state index >= 15 is 0 Å². The fourth-order valence-corrected chi connectivity index (χ4v) is 2.99. The van der Waals surface area contributed by atoms with Gasteiger partial charge < -0.3 is 17.8 Å². The van der Waals surface area contributed by atoms with Crippen LogP contribution in [0.25, 0.3) is 10.8 Å². The van der Waals surface area contributed by atoms with Crippen LogP contribution in [-0.2, 0) is 47.1 Å². The molecule has 30 heavy (non-hydrogen) atoms. The number of nitrogens with one attached hydrogen (secondary N) is 3. The zero-order chi connectivity index (χ0) is 20.3. The molecule has 9 heteroatoms. The van der Waals surface area contributed by atoms with Gasteiger partial charge in [-0.05, 0) is 42.7 Å². The summed E-state index contributed by atoms with van der Waals surface area (Å²) in [6.07, 6.45) is 0.453. The molecule has 3 rings (SSSR count). The zero-order valence-electron chi connectivity index (χ0n) is 16.9. The largest absolute Gasteiger partial charge is 0.481 e. The number of fused-ring (bicyclic) bond motifs is 1. The van der Waals surface area contributed by atoms with Crippen LogP contribution < -0.4 is 16.2 Å². The first kappa shape index (κ1) is 25.7. The number of hydrogen-bond acceptors (Lipinski definition) is 4. The van der Waals surface area contributed by atoms with E-state index in [-0.39, 0.29) is 46.6 Å². The summed E-state index contributed by atoms with van der Waals surface area (Å²) in [6, 6.07) is 12.2. The number of carbonyl (C=O) groups excluding carboxylic acids is 3. The van der Waals surface area contributed by atoms with Crippen LogP contribution in [0.4, 0.5) is 0 Å². The molecule has 2 aromatic carbocycles. The zero-order valence-corrected chi connectivity index (χ0v) is 19.7. The Balaban J connectivity index is 0.00000225. The third kappa shape index (κ3) is 5.86. The summed E-state index contributed by atoms with van der Waals surface area (Å²) < 4.78 is 0. The van der Waals surface area contributed by atoms with Gasteiger partial charge >= 0.3 is 5.97 Å². The number of aliphatic carboxylic acids is 1. The van der Waals surface area contributed by atoms with E-state index in [1.54, 1.807) is 19.1 Å². The molecule has 157 valence electrons. The average molecular weight is 487 g/mol. The molecule has 4 N–H and O–H groups in total. The van der Waals surface area contributed by atoms with Gasteiger partial charge in [0.25, 0.3) is 11.8 Å². The van der Waals surface area contributed by atoms with Crippen molar-refractivity contribution in [3.63, 3.8) is 0 Å². The molecular formula is C21H24N3O5Y-. The van der Waals surface area contributed by atoms with Crippen molar-refractivity contribution in [1.82, 2.24) is 16.2 Å². The van der Waals surface area contributed by atoms with Crippen molar-refractivity contribution in [3.05, 3.63) is 55.5 Å². The van der Waals surface area contributed by atoms with Crippen LogP contribution in [0.15, 0.2) is 42.5 Å². The van der Waals surface area contributed by atoms with Crippen LogP contribution in [0.3, 0.4) is 0 Å². The molecule has 0 spiro atoms. The normalized spacial score (nSPS) is 14.3. The van der Waals surface area contributed by atoms with Crippen molar-refractivity contribution in [1.29, 1.82) is 0 Å². The number of amides is 3. The standard InChI is InChI=1S/C20H21N3O5.CH3.Y/c1-12(10-16(24)25)21-18(27)20(8-9-20)19(28)23-22-17(26)15-7-6-13-4-2-3-5-14(13)11-15;;/h2-7,11-12H,8-10H2,1H3,(H,21,27)(H,22,26)(H,23,28)(H,24,25);1H3;/q;-1;/t12-;;/m1../s1. The van der Waals surface area contributed by atoms with E-state index in [1.807, 2.05) is 30.3 Å². The molecule has 1 fully saturated rings. The summed E-state index contributed by atoms with van der Waals surface area (Å²) in [7, 11) is 0. The first-order valence-electron chi connectivity index (χ1n) is 8.94. The molecule has 1 saturated carbocycles. The Kier molecular flexibility index (Phi) is 9.12. The molecule has 0 bridgehead atoms. The topological polar surface area (TPSA) is 125 Å². The first-order chi connectivity index (χ1) is 13.3. The van der Waals surface area contributed by atoms with Crippen molar-refractivity contribution < 1.29 is 57.0 Å². The number of hydrazine groups is 1. The Labute approximate surface area is 200 Å². The Bertz CT molecular complexity index is 959. The van der Waals surface area contributed by atoms with Gasteiger partial charge in [-0.15, -0.1) is 0 Å². The molecule has 0 aromatic heterocycles. The van der Waals surface area contributed by atoms with Gasteiger partial charge in [-0.3, -0.25) is 30.0 Å². The number of carbonyl (C=O) groups is 4.